The van der Waals surface area contributed by atoms with Gasteiger partial charge in [0.1, 0.15) is 13.2 Å². The molecule has 8 heteroatoms. The molecule has 1 aliphatic rings. The molecule has 3 aromatic carbocycles. The van der Waals surface area contributed by atoms with E-state index in [4.69, 9.17) is 23.7 Å². The lowest BCUT2D eigenvalue weighted by molar-refractivity contribution is -0.276. The zero-order valence-electron chi connectivity index (χ0n) is 24.8. The van der Waals surface area contributed by atoms with Crippen LogP contribution in [0.25, 0.3) is 0 Å². The minimum atomic E-state index is -0.862. The first-order valence-electron chi connectivity index (χ1n) is 14.9. The van der Waals surface area contributed by atoms with Crippen molar-refractivity contribution in [1.82, 2.24) is 0 Å². The van der Waals surface area contributed by atoms with Gasteiger partial charge in [-0.3, -0.25) is 4.79 Å². The largest absolute Gasteiger partial charge is 0.461 e. The van der Waals surface area contributed by atoms with Crippen molar-refractivity contribution in [3.05, 3.63) is 108 Å². The Bertz CT molecular complexity index is 1280. The molecule has 0 amide bonds. The minimum absolute atomic E-state index is 0.0395. The van der Waals surface area contributed by atoms with Gasteiger partial charge in [0.15, 0.2) is 12.4 Å². The molecule has 5 unspecified atom stereocenters. The zero-order valence-corrected chi connectivity index (χ0v) is 24.8. The SMILES string of the molecule is CCC1C(C)C(COC(=O)c2ccccc2)OC(OCCCCC(=O)OCc2ccccc2)C1OC(=O)c1ccccc1. The zero-order chi connectivity index (χ0) is 30.4. The highest BCUT2D eigenvalue weighted by Crippen LogP contribution is 2.36. The average Bonchev–Trinajstić information content (AvgIpc) is 3.05. The molecule has 8 nitrogen and oxygen atoms in total. The molecule has 0 aromatic heterocycles. The van der Waals surface area contributed by atoms with Gasteiger partial charge in [0.25, 0.3) is 0 Å². The summed E-state index contributed by atoms with van der Waals surface area (Å²) in [5, 5.41) is 0. The Morgan fingerprint density at radius 3 is 2.00 bits per heavy atom. The minimum Gasteiger partial charge on any atom is -0.461 e. The van der Waals surface area contributed by atoms with E-state index in [9.17, 15) is 14.4 Å². The van der Waals surface area contributed by atoms with E-state index in [1.54, 1.807) is 48.5 Å². The Morgan fingerprint density at radius 2 is 1.37 bits per heavy atom. The van der Waals surface area contributed by atoms with Gasteiger partial charge in [-0.05, 0) is 55.0 Å². The maximum Gasteiger partial charge on any atom is 0.338 e. The van der Waals surface area contributed by atoms with E-state index in [-0.39, 0.29) is 44.0 Å². The molecule has 43 heavy (non-hydrogen) atoms. The molecule has 3 aromatic rings. The van der Waals surface area contributed by atoms with Crippen molar-refractivity contribution < 1.29 is 38.1 Å². The van der Waals surface area contributed by atoms with Crippen LogP contribution in [0.4, 0.5) is 0 Å². The normalized spacial score (nSPS) is 21.5. The second-order valence-corrected chi connectivity index (χ2v) is 10.6. The van der Waals surface area contributed by atoms with Gasteiger partial charge in [0.05, 0.1) is 17.2 Å². The fraction of sp³-hybridized carbons (Fsp3) is 0.400. The predicted octanol–water partition coefficient (Wildman–Crippen LogP) is 6.39. The van der Waals surface area contributed by atoms with Gasteiger partial charge >= 0.3 is 17.9 Å². The molecule has 1 fully saturated rings. The summed E-state index contributed by atoms with van der Waals surface area (Å²) in [5.74, 6) is -1.34. The van der Waals surface area contributed by atoms with Crippen LogP contribution in [0.2, 0.25) is 0 Å². The summed E-state index contributed by atoms with van der Waals surface area (Å²) >= 11 is 0. The molecule has 1 heterocycles. The van der Waals surface area contributed by atoms with Crippen molar-refractivity contribution in [2.75, 3.05) is 13.2 Å². The fourth-order valence-electron chi connectivity index (χ4n) is 5.18. The lowest BCUT2D eigenvalue weighted by atomic mass is 9.80. The van der Waals surface area contributed by atoms with Crippen molar-refractivity contribution in [1.29, 1.82) is 0 Å². The van der Waals surface area contributed by atoms with Crippen LogP contribution in [-0.2, 0) is 35.1 Å². The fourth-order valence-corrected chi connectivity index (χ4v) is 5.18. The van der Waals surface area contributed by atoms with Crippen molar-refractivity contribution in [3.63, 3.8) is 0 Å². The average molecular weight is 589 g/mol. The van der Waals surface area contributed by atoms with E-state index in [1.807, 2.05) is 56.3 Å². The Hall–Kier alpha value is -4.01. The van der Waals surface area contributed by atoms with Crippen LogP contribution in [-0.4, -0.2) is 49.6 Å². The highest BCUT2D eigenvalue weighted by molar-refractivity contribution is 5.89. The maximum atomic E-state index is 13.0. The van der Waals surface area contributed by atoms with Crippen LogP contribution in [0.15, 0.2) is 91.0 Å². The van der Waals surface area contributed by atoms with Gasteiger partial charge in [-0.1, -0.05) is 80.6 Å². The molecule has 0 bridgehead atoms. The molecule has 4 rings (SSSR count). The van der Waals surface area contributed by atoms with Gasteiger partial charge in [0.2, 0.25) is 0 Å². The maximum absolute atomic E-state index is 13.0. The molecule has 0 spiro atoms. The van der Waals surface area contributed by atoms with Crippen LogP contribution in [0.1, 0.15) is 65.8 Å². The second kappa shape index (κ2) is 16.6. The van der Waals surface area contributed by atoms with E-state index in [2.05, 4.69) is 0 Å². The molecular weight excluding hydrogens is 548 g/mol. The number of ether oxygens (including phenoxy) is 5. The first-order chi connectivity index (χ1) is 21.0. The summed E-state index contributed by atoms with van der Waals surface area (Å²) in [5.41, 5.74) is 1.84. The number of carbonyl (C=O) groups excluding carboxylic acids is 3. The Morgan fingerprint density at radius 1 is 0.767 bits per heavy atom. The van der Waals surface area contributed by atoms with E-state index in [0.717, 1.165) is 5.56 Å². The first-order valence-corrected chi connectivity index (χ1v) is 14.9. The van der Waals surface area contributed by atoms with Crippen LogP contribution in [0, 0.1) is 11.8 Å². The molecule has 0 saturated carbocycles. The first kappa shape index (κ1) is 31.9. The lowest BCUT2D eigenvalue weighted by Crippen LogP contribution is -2.54. The van der Waals surface area contributed by atoms with Gasteiger partial charge in [0, 0.05) is 18.9 Å². The van der Waals surface area contributed by atoms with Crippen LogP contribution < -0.4 is 0 Å². The molecule has 1 aliphatic heterocycles. The van der Waals surface area contributed by atoms with Crippen molar-refractivity contribution in [2.45, 2.75) is 64.6 Å². The molecule has 0 N–H and O–H groups in total. The third-order valence-electron chi connectivity index (χ3n) is 7.67. The quantitative estimate of drug-likeness (QED) is 0.121. The van der Waals surface area contributed by atoms with Crippen LogP contribution in [0.3, 0.4) is 0 Å². The van der Waals surface area contributed by atoms with Crippen LogP contribution >= 0.6 is 0 Å². The topological polar surface area (TPSA) is 97.4 Å². The summed E-state index contributed by atoms with van der Waals surface area (Å²) in [6.07, 6.45) is 0.139. The Kier molecular flexibility index (Phi) is 12.3. The summed E-state index contributed by atoms with van der Waals surface area (Å²) in [6, 6.07) is 27.1. The summed E-state index contributed by atoms with van der Waals surface area (Å²) < 4.78 is 29.4. The Labute approximate surface area is 253 Å². The monoisotopic (exact) mass is 588 g/mol. The van der Waals surface area contributed by atoms with Crippen LogP contribution in [0.5, 0.6) is 0 Å². The van der Waals surface area contributed by atoms with Crippen molar-refractivity contribution in [2.24, 2.45) is 11.8 Å². The number of esters is 3. The van der Waals surface area contributed by atoms with E-state index >= 15 is 0 Å². The molecule has 0 aliphatic carbocycles. The molecular formula is C35H40O8. The summed E-state index contributed by atoms with van der Waals surface area (Å²) in [6.45, 7) is 4.61. The highest BCUT2D eigenvalue weighted by atomic mass is 16.7. The van der Waals surface area contributed by atoms with E-state index in [1.165, 1.54) is 0 Å². The second-order valence-electron chi connectivity index (χ2n) is 10.6. The van der Waals surface area contributed by atoms with Crippen molar-refractivity contribution in [3.8, 4) is 0 Å². The molecule has 1 saturated heterocycles. The van der Waals surface area contributed by atoms with Gasteiger partial charge in [-0.2, -0.15) is 0 Å². The summed E-state index contributed by atoms with van der Waals surface area (Å²) in [4.78, 5) is 37.8. The number of unbranched alkanes of at least 4 members (excludes halogenated alkanes) is 1. The number of hydrogen-bond acceptors (Lipinski definition) is 8. The number of hydrogen-bond donors (Lipinski definition) is 0. The Balaban J connectivity index is 1.35. The van der Waals surface area contributed by atoms with E-state index in [0.29, 0.717) is 30.4 Å². The van der Waals surface area contributed by atoms with Crippen molar-refractivity contribution >= 4 is 17.9 Å². The third-order valence-corrected chi connectivity index (χ3v) is 7.67. The molecule has 228 valence electrons. The standard InChI is InChI=1S/C35H40O8/c1-3-29-25(2)30(24-41-33(37)27-17-9-5-10-18-27)42-35(32(29)43-34(38)28-19-11-6-12-20-28)39-22-14-13-21-31(36)40-23-26-15-7-4-8-16-26/h4-12,15-20,25,29-30,32,35H,3,13-14,21-24H2,1-2H3. The smallest absolute Gasteiger partial charge is 0.338 e. The number of carbonyl (C=O) groups is 3. The van der Waals surface area contributed by atoms with Gasteiger partial charge in [-0.25, -0.2) is 9.59 Å². The molecule has 0 radical (unpaired) electrons. The molecule has 5 atom stereocenters. The number of rotatable bonds is 14. The van der Waals surface area contributed by atoms with E-state index < -0.39 is 30.4 Å². The van der Waals surface area contributed by atoms with Gasteiger partial charge in [-0.15, -0.1) is 0 Å². The third kappa shape index (κ3) is 9.49. The predicted molar refractivity (Wildman–Crippen MR) is 160 cm³/mol. The number of benzene rings is 3. The van der Waals surface area contributed by atoms with Gasteiger partial charge < -0.3 is 23.7 Å². The lowest BCUT2D eigenvalue weighted by Gasteiger charge is -2.44. The highest BCUT2D eigenvalue weighted by Gasteiger charge is 2.46. The summed E-state index contributed by atoms with van der Waals surface area (Å²) in [7, 11) is 0.